The third-order valence-corrected chi connectivity index (χ3v) is 4.27. The second kappa shape index (κ2) is 11.6. The van der Waals surface area contributed by atoms with E-state index in [9.17, 15) is 13.2 Å². The van der Waals surface area contributed by atoms with E-state index in [2.05, 4.69) is 0 Å². The summed E-state index contributed by atoms with van der Waals surface area (Å²) in [5, 5.41) is 0.772. The maximum atomic E-state index is 12.1. The van der Waals surface area contributed by atoms with E-state index in [1.165, 1.54) is 6.07 Å². The number of benzene rings is 3. The molecule has 10 heteroatoms. The Morgan fingerprint density at radius 2 is 1.30 bits per heavy atom. The molecular weight excluding hydrogens is 462 g/mol. The van der Waals surface area contributed by atoms with Gasteiger partial charge >= 0.3 is 6.18 Å². The normalized spacial score (nSPS) is 10.2. The first kappa shape index (κ1) is 25.6. The van der Waals surface area contributed by atoms with Crippen molar-refractivity contribution in [1.29, 1.82) is 0 Å². The summed E-state index contributed by atoms with van der Waals surface area (Å²) in [5.41, 5.74) is 16.5. The first-order chi connectivity index (χ1) is 13.9. The number of nitrogen functional groups attached to an aromatic ring is 3. The molecule has 0 saturated carbocycles. The predicted octanol–water partition coefficient (Wildman–Crippen LogP) is 6.79. The maximum absolute atomic E-state index is 12.1. The van der Waals surface area contributed by atoms with Crippen molar-refractivity contribution in [3.05, 3.63) is 81.3 Å². The monoisotopic (exact) mass is 479 g/mol. The van der Waals surface area contributed by atoms with Crippen LogP contribution in [0.4, 0.5) is 30.2 Å². The van der Waals surface area contributed by atoms with Gasteiger partial charge in [-0.05, 0) is 60.7 Å². The van der Waals surface area contributed by atoms with Crippen LogP contribution in [0.15, 0.2) is 60.7 Å². The highest BCUT2D eigenvalue weighted by molar-refractivity contribution is 6.36. The Hall–Kier alpha value is -2.48. The van der Waals surface area contributed by atoms with Gasteiger partial charge in [-0.15, -0.1) is 0 Å². The largest absolute Gasteiger partial charge is 0.497 e. The molecule has 0 heterocycles. The van der Waals surface area contributed by atoms with Crippen molar-refractivity contribution >= 4 is 51.9 Å². The zero-order chi connectivity index (χ0) is 22.9. The Labute approximate surface area is 187 Å². The highest BCUT2D eigenvalue weighted by Crippen LogP contribution is 2.35. The molecule has 0 aliphatic heterocycles. The minimum atomic E-state index is -4.44. The van der Waals surface area contributed by atoms with Crippen molar-refractivity contribution in [2.75, 3.05) is 24.3 Å². The molecule has 0 aliphatic rings. The van der Waals surface area contributed by atoms with E-state index in [4.69, 9.17) is 56.7 Å². The standard InChI is InChI=1S/C7H5ClF3N.C7H9NO.C6H5Cl2N/c8-6-2-1-4(12)3-5(6)7(9,10)11;1-9-7-4-2-6(8)3-5-7;7-4-1-2-6(9)5(8)3-4/h1-3H,12H2;2-5H,8H2,1H3;1-3H,9H2. The van der Waals surface area contributed by atoms with Gasteiger partial charge in [0.1, 0.15) is 5.75 Å². The lowest BCUT2D eigenvalue weighted by Crippen LogP contribution is -2.06. The Morgan fingerprint density at radius 1 is 0.733 bits per heavy atom. The zero-order valence-corrected chi connectivity index (χ0v) is 17.9. The molecule has 0 bridgehead atoms. The van der Waals surface area contributed by atoms with Gasteiger partial charge in [0.15, 0.2) is 0 Å². The van der Waals surface area contributed by atoms with Crippen LogP contribution in [-0.2, 0) is 6.18 Å². The van der Waals surface area contributed by atoms with Crippen LogP contribution in [-0.4, -0.2) is 7.11 Å². The molecule has 30 heavy (non-hydrogen) atoms. The second-order valence-electron chi connectivity index (χ2n) is 5.68. The van der Waals surface area contributed by atoms with Crippen molar-refractivity contribution in [2.45, 2.75) is 6.18 Å². The summed E-state index contributed by atoms with van der Waals surface area (Å²) in [5.74, 6) is 0.837. The van der Waals surface area contributed by atoms with Gasteiger partial charge in [0.2, 0.25) is 0 Å². The molecule has 4 nitrogen and oxygen atoms in total. The average Bonchev–Trinajstić information content (AvgIpc) is 2.68. The predicted molar refractivity (Wildman–Crippen MR) is 119 cm³/mol. The lowest BCUT2D eigenvalue weighted by atomic mass is 10.2. The molecule has 0 radical (unpaired) electrons. The van der Waals surface area contributed by atoms with Gasteiger partial charge in [-0.2, -0.15) is 13.2 Å². The fraction of sp³-hybridized carbons (Fsp3) is 0.100. The van der Waals surface area contributed by atoms with Gasteiger partial charge in [0.05, 0.1) is 28.4 Å². The van der Waals surface area contributed by atoms with Crippen molar-refractivity contribution < 1.29 is 17.9 Å². The molecule has 0 saturated heterocycles. The molecule has 0 atom stereocenters. The molecule has 6 N–H and O–H groups in total. The highest BCUT2D eigenvalue weighted by Gasteiger charge is 2.33. The first-order valence-electron chi connectivity index (χ1n) is 8.16. The molecule has 3 aromatic carbocycles. The lowest BCUT2D eigenvalue weighted by molar-refractivity contribution is -0.137. The summed E-state index contributed by atoms with van der Waals surface area (Å²) in [4.78, 5) is 0. The Kier molecular flexibility index (Phi) is 9.92. The minimum absolute atomic E-state index is 0.0479. The topological polar surface area (TPSA) is 87.3 Å². The van der Waals surface area contributed by atoms with Gasteiger partial charge in [-0.3, -0.25) is 0 Å². The SMILES string of the molecule is COc1ccc(N)cc1.Nc1ccc(Cl)c(C(F)(F)F)c1.Nc1ccc(Cl)cc1Cl. The van der Waals surface area contributed by atoms with Crippen molar-refractivity contribution in [2.24, 2.45) is 0 Å². The molecule has 0 aliphatic carbocycles. The Bertz CT molecular complexity index is 952. The Balaban J connectivity index is 0.000000229. The van der Waals surface area contributed by atoms with Crippen LogP contribution >= 0.6 is 34.8 Å². The quantitative estimate of drug-likeness (QED) is 0.334. The van der Waals surface area contributed by atoms with Crippen LogP contribution in [0.25, 0.3) is 0 Å². The van der Waals surface area contributed by atoms with Gasteiger partial charge in [-0.25, -0.2) is 0 Å². The third-order valence-electron chi connectivity index (χ3n) is 3.37. The van der Waals surface area contributed by atoms with E-state index < -0.39 is 11.7 Å². The zero-order valence-electron chi connectivity index (χ0n) is 15.7. The van der Waals surface area contributed by atoms with Crippen LogP contribution in [0.3, 0.4) is 0 Å². The van der Waals surface area contributed by atoms with E-state index in [0.29, 0.717) is 15.7 Å². The highest BCUT2D eigenvalue weighted by atomic mass is 35.5. The van der Waals surface area contributed by atoms with E-state index >= 15 is 0 Å². The van der Waals surface area contributed by atoms with Crippen LogP contribution in [0.5, 0.6) is 5.75 Å². The minimum Gasteiger partial charge on any atom is -0.497 e. The van der Waals surface area contributed by atoms with Gasteiger partial charge in [-0.1, -0.05) is 34.8 Å². The summed E-state index contributed by atoms with van der Waals surface area (Å²) in [6, 6.07) is 15.5. The van der Waals surface area contributed by atoms with Gasteiger partial charge in [0.25, 0.3) is 0 Å². The molecular formula is C20H19Cl3F3N3O. The van der Waals surface area contributed by atoms with E-state index in [1.54, 1.807) is 37.4 Å². The summed E-state index contributed by atoms with van der Waals surface area (Å²) < 4.78 is 41.2. The van der Waals surface area contributed by atoms with Crippen LogP contribution < -0.4 is 21.9 Å². The number of halogens is 6. The summed E-state index contributed by atoms with van der Waals surface area (Å²) in [6.45, 7) is 0. The van der Waals surface area contributed by atoms with E-state index in [1.807, 2.05) is 12.1 Å². The van der Waals surface area contributed by atoms with Crippen molar-refractivity contribution in [3.8, 4) is 5.75 Å². The Morgan fingerprint density at radius 3 is 1.73 bits per heavy atom. The number of methoxy groups -OCH3 is 1. The molecule has 0 spiro atoms. The number of hydrogen-bond donors (Lipinski definition) is 3. The first-order valence-corrected chi connectivity index (χ1v) is 9.29. The number of nitrogens with two attached hydrogens (primary N) is 3. The van der Waals surface area contributed by atoms with Crippen LogP contribution in [0, 0.1) is 0 Å². The average molecular weight is 481 g/mol. The molecule has 162 valence electrons. The maximum Gasteiger partial charge on any atom is 0.417 e. The third kappa shape index (κ3) is 8.90. The van der Waals surface area contributed by atoms with Crippen molar-refractivity contribution in [1.82, 2.24) is 0 Å². The number of hydrogen-bond acceptors (Lipinski definition) is 4. The molecule has 3 rings (SSSR count). The van der Waals surface area contributed by atoms with Crippen LogP contribution in [0.2, 0.25) is 15.1 Å². The number of rotatable bonds is 1. The van der Waals surface area contributed by atoms with E-state index in [0.717, 1.165) is 23.6 Å². The van der Waals surface area contributed by atoms with Gasteiger partial charge < -0.3 is 21.9 Å². The van der Waals surface area contributed by atoms with Gasteiger partial charge in [0, 0.05) is 16.4 Å². The van der Waals surface area contributed by atoms with E-state index in [-0.39, 0.29) is 10.7 Å². The molecule has 0 unspecified atom stereocenters. The summed E-state index contributed by atoms with van der Waals surface area (Å²) in [6.07, 6.45) is -4.44. The number of alkyl halides is 3. The van der Waals surface area contributed by atoms with Crippen molar-refractivity contribution in [3.63, 3.8) is 0 Å². The van der Waals surface area contributed by atoms with Crippen LogP contribution in [0.1, 0.15) is 5.56 Å². The molecule has 0 amide bonds. The molecule has 3 aromatic rings. The molecule has 0 aromatic heterocycles. The lowest BCUT2D eigenvalue weighted by Gasteiger charge is -2.08. The fourth-order valence-corrected chi connectivity index (χ4v) is 2.50. The molecule has 0 fully saturated rings. The smallest absolute Gasteiger partial charge is 0.417 e. The number of anilines is 3. The number of ether oxygens (including phenoxy) is 1. The summed E-state index contributed by atoms with van der Waals surface area (Å²) >= 11 is 16.5. The fourth-order valence-electron chi connectivity index (χ4n) is 1.87. The second-order valence-corrected chi connectivity index (χ2v) is 6.93. The summed E-state index contributed by atoms with van der Waals surface area (Å²) in [7, 11) is 1.63.